The lowest BCUT2D eigenvalue weighted by Gasteiger charge is -2.09. The molecule has 1 atom stereocenters. The second kappa shape index (κ2) is 6.62. The number of aryl methyl sites for hydroxylation is 1. The van der Waals surface area contributed by atoms with Crippen LogP contribution in [0.15, 0.2) is 48.5 Å². The van der Waals surface area contributed by atoms with Gasteiger partial charge in [-0.15, -0.1) is 0 Å². The number of carbonyl (C=O) groups excluding carboxylic acids is 1. The highest BCUT2D eigenvalue weighted by molar-refractivity contribution is 5.86. The van der Waals surface area contributed by atoms with Crippen molar-refractivity contribution in [1.82, 2.24) is 10.2 Å². The minimum atomic E-state index is -0.714. The van der Waals surface area contributed by atoms with Gasteiger partial charge in [0.05, 0.1) is 6.07 Å². The van der Waals surface area contributed by atoms with Crippen molar-refractivity contribution in [2.45, 2.75) is 19.8 Å². The fraction of sp³-hybridized carbons (Fsp3) is 0.150. The van der Waals surface area contributed by atoms with Crippen LogP contribution in [0.1, 0.15) is 24.1 Å². The van der Waals surface area contributed by atoms with Crippen molar-refractivity contribution in [1.29, 1.82) is 5.26 Å². The monoisotopic (exact) mass is 330 g/mol. The van der Waals surface area contributed by atoms with Gasteiger partial charge < -0.3 is 5.73 Å². The van der Waals surface area contributed by atoms with Gasteiger partial charge in [-0.3, -0.25) is 9.89 Å². The van der Waals surface area contributed by atoms with Gasteiger partial charge in [-0.2, -0.15) is 10.4 Å². The van der Waals surface area contributed by atoms with Crippen molar-refractivity contribution in [3.63, 3.8) is 0 Å². The average molecular weight is 330 g/mol. The number of aromatic amines is 1. The summed E-state index contributed by atoms with van der Waals surface area (Å²) < 4.78 is 0. The summed E-state index contributed by atoms with van der Waals surface area (Å²) in [6.45, 7) is 3.37. The van der Waals surface area contributed by atoms with E-state index in [9.17, 15) is 4.79 Å². The van der Waals surface area contributed by atoms with E-state index in [1.807, 2.05) is 55.5 Å². The molecule has 5 nitrogen and oxygen atoms in total. The highest BCUT2D eigenvalue weighted by Crippen LogP contribution is 2.31. The molecule has 0 saturated carbocycles. The van der Waals surface area contributed by atoms with Crippen molar-refractivity contribution >= 4 is 11.6 Å². The van der Waals surface area contributed by atoms with Gasteiger partial charge >= 0.3 is 0 Å². The zero-order chi connectivity index (χ0) is 18.0. The molecule has 0 aliphatic rings. The average Bonchev–Trinajstić information content (AvgIpc) is 2.94. The molecule has 3 rings (SSSR count). The lowest BCUT2D eigenvalue weighted by molar-refractivity contribution is -0.117. The van der Waals surface area contributed by atoms with Crippen LogP contribution in [-0.4, -0.2) is 16.0 Å². The van der Waals surface area contributed by atoms with Crippen LogP contribution in [0, 0.1) is 18.3 Å². The number of rotatable bonds is 4. The van der Waals surface area contributed by atoms with Crippen LogP contribution in [0.2, 0.25) is 0 Å². The lowest BCUT2D eigenvalue weighted by atomic mass is 9.94. The highest BCUT2D eigenvalue weighted by Gasteiger charge is 2.16. The number of Topliss-reactive ketones (excluding diaryl/α,β-unsaturated/α-hetero) is 1. The molecule has 2 aromatic carbocycles. The first-order valence-electron chi connectivity index (χ1n) is 7.92. The first-order chi connectivity index (χ1) is 12.0. The molecule has 0 saturated heterocycles. The highest BCUT2D eigenvalue weighted by atomic mass is 16.1. The van der Waals surface area contributed by atoms with E-state index in [0.29, 0.717) is 11.4 Å². The molecule has 3 aromatic rings. The predicted molar refractivity (Wildman–Crippen MR) is 97.6 cm³/mol. The Morgan fingerprint density at radius 3 is 2.40 bits per heavy atom. The summed E-state index contributed by atoms with van der Waals surface area (Å²) in [6.07, 6.45) is 0. The Kier molecular flexibility index (Phi) is 4.36. The predicted octanol–water partition coefficient (Wildman–Crippen LogP) is 3.83. The third-order valence-corrected chi connectivity index (χ3v) is 4.24. The number of hydrogen-bond donors (Lipinski definition) is 2. The SMILES string of the molecule is CC(=O)C(C#N)c1ccc(-c2cccc(-c3c(N)n[nH]c3C)c2)cc1. The summed E-state index contributed by atoms with van der Waals surface area (Å²) in [7, 11) is 0. The normalized spacial score (nSPS) is 11.7. The molecule has 3 N–H and O–H groups in total. The first kappa shape index (κ1) is 16.5. The van der Waals surface area contributed by atoms with Crippen molar-refractivity contribution in [3.8, 4) is 28.3 Å². The van der Waals surface area contributed by atoms with E-state index < -0.39 is 5.92 Å². The topological polar surface area (TPSA) is 95.6 Å². The van der Waals surface area contributed by atoms with Crippen molar-refractivity contribution in [2.75, 3.05) is 5.73 Å². The molecule has 0 bridgehead atoms. The van der Waals surface area contributed by atoms with Gasteiger partial charge in [0.1, 0.15) is 5.92 Å². The Balaban J connectivity index is 1.97. The maximum Gasteiger partial charge on any atom is 0.153 e. The third-order valence-electron chi connectivity index (χ3n) is 4.24. The Hall–Kier alpha value is -3.39. The van der Waals surface area contributed by atoms with E-state index in [-0.39, 0.29) is 5.78 Å². The smallest absolute Gasteiger partial charge is 0.153 e. The maximum atomic E-state index is 11.5. The van der Waals surface area contributed by atoms with Crippen molar-refractivity contribution in [3.05, 3.63) is 59.8 Å². The number of nitrogens with two attached hydrogens (primary N) is 1. The van der Waals surface area contributed by atoms with Crippen molar-refractivity contribution in [2.24, 2.45) is 0 Å². The van der Waals surface area contributed by atoms with Crippen LogP contribution in [0.3, 0.4) is 0 Å². The molecule has 0 aliphatic carbocycles. The molecule has 1 heterocycles. The number of ketones is 1. The van der Waals surface area contributed by atoms with Gasteiger partial charge in [-0.1, -0.05) is 42.5 Å². The number of nitriles is 1. The second-order valence-electron chi connectivity index (χ2n) is 5.98. The Labute approximate surface area is 146 Å². The molecule has 5 heteroatoms. The van der Waals surface area contributed by atoms with Crippen LogP contribution >= 0.6 is 0 Å². The molecule has 1 unspecified atom stereocenters. The molecule has 0 radical (unpaired) electrons. The number of nitrogens with zero attached hydrogens (tertiary/aromatic N) is 2. The number of H-pyrrole nitrogens is 1. The summed E-state index contributed by atoms with van der Waals surface area (Å²) in [5, 5.41) is 16.1. The minimum absolute atomic E-state index is 0.150. The van der Waals surface area contributed by atoms with Crippen LogP contribution in [0.25, 0.3) is 22.3 Å². The minimum Gasteiger partial charge on any atom is -0.382 e. The number of nitrogens with one attached hydrogen (secondary N) is 1. The number of nitrogen functional groups attached to an aromatic ring is 1. The quantitative estimate of drug-likeness (QED) is 0.760. The molecule has 0 fully saturated rings. The van der Waals surface area contributed by atoms with Crippen molar-refractivity contribution < 1.29 is 4.79 Å². The number of anilines is 1. The molecule has 0 amide bonds. The summed E-state index contributed by atoms with van der Waals surface area (Å²) in [4.78, 5) is 11.5. The van der Waals surface area contributed by atoms with Gasteiger partial charge in [0.25, 0.3) is 0 Å². The molecular weight excluding hydrogens is 312 g/mol. The van der Waals surface area contributed by atoms with Gasteiger partial charge in [-0.25, -0.2) is 0 Å². The fourth-order valence-electron chi connectivity index (χ4n) is 2.93. The largest absolute Gasteiger partial charge is 0.382 e. The van der Waals surface area contributed by atoms with E-state index in [0.717, 1.165) is 27.9 Å². The fourth-order valence-corrected chi connectivity index (χ4v) is 2.93. The lowest BCUT2D eigenvalue weighted by Crippen LogP contribution is -2.05. The van der Waals surface area contributed by atoms with E-state index in [4.69, 9.17) is 11.0 Å². The molecule has 0 spiro atoms. The summed E-state index contributed by atoms with van der Waals surface area (Å²) in [5.74, 6) is -0.389. The summed E-state index contributed by atoms with van der Waals surface area (Å²) in [5.41, 5.74) is 11.5. The standard InChI is InChI=1S/C20H18N4O/c1-12-19(20(22)24-23-12)17-5-3-4-16(10-17)14-6-8-15(9-7-14)18(11-21)13(2)25/h3-10,18H,1-2H3,(H3,22,23,24). The molecule has 25 heavy (non-hydrogen) atoms. The molecular formula is C20H18N4O. The van der Waals surface area contributed by atoms with Gasteiger partial charge in [0.15, 0.2) is 11.6 Å². The molecule has 1 aromatic heterocycles. The number of hydrogen-bond acceptors (Lipinski definition) is 4. The number of carbonyl (C=O) groups is 1. The van der Waals surface area contributed by atoms with Crippen LogP contribution in [-0.2, 0) is 4.79 Å². The zero-order valence-electron chi connectivity index (χ0n) is 14.1. The third kappa shape index (κ3) is 3.15. The van der Waals surface area contributed by atoms with Gasteiger partial charge in [0.2, 0.25) is 0 Å². The Morgan fingerprint density at radius 1 is 1.16 bits per heavy atom. The molecule has 0 aliphatic heterocycles. The Morgan fingerprint density at radius 2 is 1.84 bits per heavy atom. The zero-order valence-corrected chi connectivity index (χ0v) is 14.1. The summed E-state index contributed by atoms with van der Waals surface area (Å²) in [6, 6.07) is 17.6. The second-order valence-corrected chi connectivity index (χ2v) is 5.98. The van der Waals surface area contributed by atoms with E-state index >= 15 is 0 Å². The van der Waals surface area contributed by atoms with Crippen LogP contribution in [0.5, 0.6) is 0 Å². The van der Waals surface area contributed by atoms with Crippen LogP contribution in [0.4, 0.5) is 5.82 Å². The van der Waals surface area contributed by atoms with E-state index in [2.05, 4.69) is 16.3 Å². The number of aromatic nitrogens is 2. The van der Waals surface area contributed by atoms with Gasteiger partial charge in [-0.05, 0) is 42.2 Å². The molecule has 124 valence electrons. The Bertz CT molecular complexity index is 945. The van der Waals surface area contributed by atoms with Crippen LogP contribution < -0.4 is 5.73 Å². The van der Waals surface area contributed by atoms with Gasteiger partial charge in [0, 0.05) is 11.3 Å². The maximum absolute atomic E-state index is 11.5. The first-order valence-corrected chi connectivity index (χ1v) is 7.92. The number of benzene rings is 2. The van der Waals surface area contributed by atoms with E-state index in [1.165, 1.54) is 6.92 Å². The van der Waals surface area contributed by atoms with E-state index in [1.54, 1.807) is 0 Å². The summed E-state index contributed by atoms with van der Waals surface area (Å²) >= 11 is 0.